The van der Waals surface area contributed by atoms with Gasteiger partial charge in [-0.05, 0) is 23.5 Å². The number of hydrogen-bond donors (Lipinski definition) is 1. The van der Waals surface area contributed by atoms with Crippen LogP contribution in [-0.2, 0) is 9.22 Å². The molecule has 1 amide bonds. The molecule has 0 spiro atoms. The maximum Gasteiger partial charge on any atom is 0.250 e. The smallest absolute Gasteiger partial charge is 0.250 e. The van der Waals surface area contributed by atoms with E-state index in [4.69, 9.17) is 4.43 Å². The molecule has 1 heterocycles. The molecule has 0 bridgehead atoms. The molecule has 0 unspecified atom stereocenters. The van der Waals surface area contributed by atoms with E-state index in [0.717, 1.165) is 0 Å². The molecular weight excluding hydrogens is 254 g/mol. The molecule has 4 heteroatoms. The molecule has 2 atom stereocenters. The maximum absolute atomic E-state index is 11.8. The number of carbonyl (C=O) groups excluding carboxylic acids is 1. The van der Waals surface area contributed by atoms with Crippen molar-refractivity contribution in [3.8, 4) is 0 Å². The third-order valence-corrected chi connectivity index (χ3v) is 10.4. The van der Waals surface area contributed by atoms with E-state index in [1.807, 2.05) is 19.1 Å². The van der Waals surface area contributed by atoms with Crippen molar-refractivity contribution >= 4 is 14.2 Å². The van der Waals surface area contributed by atoms with Gasteiger partial charge >= 0.3 is 0 Å². The summed E-state index contributed by atoms with van der Waals surface area (Å²) in [4.78, 5) is 11.8. The molecule has 0 aliphatic carbocycles. The fourth-order valence-corrected chi connectivity index (χ4v) is 9.01. The van der Waals surface area contributed by atoms with E-state index < -0.39 is 8.32 Å². The minimum absolute atomic E-state index is 0.0434. The van der Waals surface area contributed by atoms with Gasteiger partial charge in [0.1, 0.15) is 6.10 Å². The van der Waals surface area contributed by atoms with Crippen molar-refractivity contribution in [1.82, 2.24) is 5.32 Å². The van der Waals surface area contributed by atoms with E-state index in [-0.39, 0.29) is 18.1 Å². The number of hydrogen-bond acceptors (Lipinski definition) is 2. The molecule has 0 saturated carbocycles. The lowest BCUT2D eigenvalue weighted by molar-refractivity contribution is -0.139. The summed E-state index contributed by atoms with van der Waals surface area (Å²) in [5, 5.41) is 2.90. The Balaban J connectivity index is 2.98. The largest absolute Gasteiger partial charge is 0.402 e. The second kappa shape index (κ2) is 6.22. The predicted molar refractivity (Wildman–Crippen MR) is 82.7 cm³/mol. The van der Waals surface area contributed by atoms with Gasteiger partial charge in [0.2, 0.25) is 8.32 Å². The molecule has 1 saturated heterocycles. The number of allylic oxidation sites excluding steroid dienone is 1. The van der Waals surface area contributed by atoms with Crippen molar-refractivity contribution in [1.29, 1.82) is 0 Å². The van der Waals surface area contributed by atoms with Gasteiger partial charge in [-0.2, -0.15) is 0 Å². The molecule has 0 aromatic rings. The highest BCUT2D eigenvalue weighted by Crippen LogP contribution is 2.43. The lowest BCUT2D eigenvalue weighted by atomic mass is 10.0. The minimum atomic E-state index is -1.97. The Morgan fingerprint density at radius 1 is 1.11 bits per heavy atom. The van der Waals surface area contributed by atoms with Crippen LogP contribution in [0.1, 0.15) is 48.5 Å². The molecule has 0 aromatic heterocycles. The number of nitrogens with one attached hydrogen (secondary N) is 1. The van der Waals surface area contributed by atoms with Gasteiger partial charge in [-0.25, -0.2) is 0 Å². The minimum Gasteiger partial charge on any atom is -0.402 e. The van der Waals surface area contributed by atoms with Gasteiger partial charge in [0.25, 0.3) is 5.91 Å². The highest BCUT2D eigenvalue weighted by Gasteiger charge is 2.51. The van der Waals surface area contributed by atoms with Crippen LogP contribution in [0.5, 0.6) is 0 Å². The number of β-lactam (4-membered cyclic amide) rings is 1. The van der Waals surface area contributed by atoms with Crippen LogP contribution in [0, 0.1) is 0 Å². The van der Waals surface area contributed by atoms with Crippen LogP contribution >= 0.6 is 0 Å². The third-order valence-electron chi connectivity index (χ3n) is 4.33. The van der Waals surface area contributed by atoms with E-state index >= 15 is 0 Å². The monoisotopic (exact) mass is 283 g/mol. The van der Waals surface area contributed by atoms with Crippen molar-refractivity contribution in [3.05, 3.63) is 12.2 Å². The maximum atomic E-state index is 11.8. The van der Waals surface area contributed by atoms with E-state index in [2.05, 4.69) is 46.9 Å². The summed E-state index contributed by atoms with van der Waals surface area (Å²) in [6, 6.07) is 0.0561. The summed E-state index contributed by atoms with van der Waals surface area (Å²) in [7, 11) is -1.97. The predicted octanol–water partition coefficient (Wildman–Crippen LogP) is 3.62. The standard InChI is InChI=1S/C15H29NO2Si/c1-8-9-13-14(15(17)16-13)18-19(10(2)3,11(4)5)12(6)7/h8-14H,1-7H3,(H,16,17)/t13-,14+/m0/s1. The lowest BCUT2D eigenvalue weighted by Crippen LogP contribution is -2.67. The summed E-state index contributed by atoms with van der Waals surface area (Å²) < 4.78 is 6.51. The van der Waals surface area contributed by atoms with Gasteiger partial charge in [-0.1, -0.05) is 53.7 Å². The fourth-order valence-electron chi connectivity index (χ4n) is 3.50. The van der Waals surface area contributed by atoms with Crippen LogP contribution in [0.3, 0.4) is 0 Å². The average molecular weight is 283 g/mol. The van der Waals surface area contributed by atoms with Gasteiger partial charge in [0.05, 0.1) is 6.04 Å². The molecule has 0 radical (unpaired) electrons. The molecule has 1 aliphatic heterocycles. The van der Waals surface area contributed by atoms with Crippen LogP contribution < -0.4 is 5.32 Å². The van der Waals surface area contributed by atoms with Crippen molar-refractivity contribution in [2.45, 2.75) is 77.2 Å². The van der Waals surface area contributed by atoms with E-state index in [1.54, 1.807) is 0 Å². The molecule has 110 valence electrons. The zero-order valence-corrected chi connectivity index (χ0v) is 14.4. The second-order valence-electron chi connectivity index (χ2n) is 6.42. The van der Waals surface area contributed by atoms with Gasteiger partial charge < -0.3 is 9.74 Å². The SMILES string of the molecule is CC=C[C@@H]1NC(=O)[C@@H]1O[Si](C(C)C)(C(C)C)C(C)C. The van der Waals surface area contributed by atoms with Crippen molar-refractivity contribution in [2.75, 3.05) is 0 Å². The van der Waals surface area contributed by atoms with Crippen LogP contribution in [0.2, 0.25) is 16.6 Å². The molecule has 1 N–H and O–H groups in total. The van der Waals surface area contributed by atoms with E-state index in [1.165, 1.54) is 0 Å². The first-order chi connectivity index (χ1) is 8.77. The molecule has 3 nitrogen and oxygen atoms in total. The quantitative estimate of drug-likeness (QED) is 0.459. The summed E-state index contributed by atoms with van der Waals surface area (Å²) in [6.07, 6.45) is 3.71. The highest BCUT2D eigenvalue weighted by molar-refractivity contribution is 6.77. The Morgan fingerprint density at radius 3 is 1.89 bits per heavy atom. The fraction of sp³-hybridized carbons (Fsp3) is 0.800. The molecule has 1 rings (SSSR count). The van der Waals surface area contributed by atoms with E-state index in [0.29, 0.717) is 16.6 Å². The summed E-state index contributed by atoms with van der Waals surface area (Å²) in [5.74, 6) is 0.0434. The Morgan fingerprint density at radius 2 is 1.58 bits per heavy atom. The lowest BCUT2D eigenvalue weighted by Gasteiger charge is -2.48. The highest BCUT2D eigenvalue weighted by atomic mass is 28.4. The first kappa shape index (κ1) is 16.4. The third kappa shape index (κ3) is 2.94. The van der Waals surface area contributed by atoms with Crippen molar-refractivity contribution < 1.29 is 9.22 Å². The van der Waals surface area contributed by atoms with Crippen LogP contribution in [0.15, 0.2) is 12.2 Å². The van der Waals surface area contributed by atoms with Gasteiger partial charge in [-0.3, -0.25) is 4.79 Å². The number of rotatable bonds is 6. The Kier molecular flexibility index (Phi) is 5.39. The van der Waals surface area contributed by atoms with Gasteiger partial charge in [0.15, 0.2) is 0 Å². The van der Waals surface area contributed by atoms with Crippen LogP contribution in [0.25, 0.3) is 0 Å². The summed E-state index contributed by atoms with van der Waals surface area (Å²) >= 11 is 0. The number of carbonyl (C=O) groups is 1. The van der Waals surface area contributed by atoms with Gasteiger partial charge in [-0.15, -0.1) is 0 Å². The van der Waals surface area contributed by atoms with Crippen molar-refractivity contribution in [3.63, 3.8) is 0 Å². The van der Waals surface area contributed by atoms with E-state index in [9.17, 15) is 4.79 Å². The Bertz CT molecular complexity index is 328. The zero-order valence-electron chi connectivity index (χ0n) is 13.4. The summed E-state index contributed by atoms with van der Waals surface area (Å²) in [6.45, 7) is 15.4. The van der Waals surface area contributed by atoms with Crippen LogP contribution in [-0.4, -0.2) is 26.4 Å². The zero-order chi connectivity index (χ0) is 14.8. The molecular formula is C15H29NO2Si. The number of amides is 1. The first-order valence-corrected chi connectivity index (χ1v) is 9.52. The Hall–Kier alpha value is -0.613. The topological polar surface area (TPSA) is 38.3 Å². The summed E-state index contributed by atoms with van der Waals surface area (Å²) in [5.41, 5.74) is 1.52. The van der Waals surface area contributed by atoms with Crippen LogP contribution in [0.4, 0.5) is 0 Å². The molecule has 0 aromatic carbocycles. The van der Waals surface area contributed by atoms with Crippen molar-refractivity contribution in [2.24, 2.45) is 0 Å². The molecule has 1 fully saturated rings. The first-order valence-electron chi connectivity index (χ1n) is 7.38. The molecule has 19 heavy (non-hydrogen) atoms. The average Bonchev–Trinajstić information content (AvgIpc) is 2.28. The Labute approximate surface area is 118 Å². The molecule has 1 aliphatic rings. The second-order valence-corrected chi connectivity index (χ2v) is 11.8. The van der Waals surface area contributed by atoms with Gasteiger partial charge in [0, 0.05) is 0 Å². The normalized spacial score (nSPS) is 24.4.